The molecule has 1 aliphatic heterocycles. The van der Waals surface area contributed by atoms with Crippen molar-refractivity contribution in [2.24, 2.45) is 0 Å². The van der Waals surface area contributed by atoms with Crippen LogP contribution in [0.1, 0.15) is 12.5 Å². The van der Waals surface area contributed by atoms with Gasteiger partial charge in [-0.25, -0.2) is 0 Å². The van der Waals surface area contributed by atoms with Crippen LogP contribution in [0.4, 0.5) is 5.69 Å². The van der Waals surface area contributed by atoms with E-state index in [1.807, 2.05) is 30.0 Å². The third-order valence-electron chi connectivity index (χ3n) is 2.96. The van der Waals surface area contributed by atoms with Gasteiger partial charge in [0.1, 0.15) is 0 Å². The third-order valence-corrected chi connectivity index (χ3v) is 4.50. The maximum Gasteiger partial charge on any atom is 0.0471 e. The lowest BCUT2D eigenvalue weighted by atomic mass is 10.1. The van der Waals surface area contributed by atoms with Crippen molar-refractivity contribution in [1.82, 2.24) is 4.90 Å². The van der Waals surface area contributed by atoms with Gasteiger partial charge in [0.05, 0.1) is 0 Å². The molecule has 1 saturated heterocycles. The SMILES string of the molecule is CC1CSCCN1Cc1ccc(N)cc1Cl. The number of hydrogen-bond donors (Lipinski definition) is 1. The van der Waals surface area contributed by atoms with Crippen LogP contribution < -0.4 is 5.73 Å². The van der Waals surface area contributed by atoms with Gasteiger partial charge in [-0.3, -0.25) is 4.90 Å². The molecule has 4 heteroatoms. The van der Waals surface area contributed by atoms with Crippen molar-refractivity contribution in [3.8, 4) is 0 Å². The van der Waals surface area contributed by atoms with Gasteiger partial charge in [0.2, 0.25) is 0 Å². The zero-order valence-electron chi connectivity index (χ0n) is 9.45. The second kappa shape index (κ2) is 5.30. The summed E-state index contributed by atoms with van der Waals surface area (Å²) in [4.78, 5) is 2.48. The highest BCUT2D eigenvalue weighted by molar-refractivity contribution is 7.99. The second-order valence-electron chi connectivity index (χ2n) is 4.25. The minimum absolute atomic E-state index is 0.632. The van der Waals surface area contributed by atoms with Crippen molar-refractivity contribution in [2.75, 3.05) is 23.8 Å². The van der Waals surface area contributed by atoms with Crippen LogP contribution >= 0.6 is 23.4 Å². The molecule has 2 N–H and O–H groups in total. The summed E-state index contributed by atoms with van der Waals surface area (Å²) in [5.74, 6) is 2.43. The first-order valence-corrected chi connectivity index (χ1v) is 7.06. The van der Waals surface area contributed by atoms with Gasteiger partial charge in [-0.1, -0.05) is 17.7 Å². The quantitative estimate of drug-likeness (QED) is 0.825. The highest BCUT2D eigenvalue weighted by Crippen LogP contribution is 2.24. The maximum absolute atomic E-state index is 6.18. The summed E-state index contributed by atoms with van der Waals surface area (Å²) in [5.41, 5.74) is 7.59. The minimum Gasteiger partial charge on any atom is -0.399 e. The average Bonchev–Trinajstić information content (AvgIpc) is 2.25. The van der Waals surface area contributed by atoms with Gasteiger partial charge in [0.15, 0.2) is 0 Å². The molecule has 1 aliphatic rings. The molecule has 1 atom stereocenters. The van der Waals surface area contributed by atoms with E-state index in [4.69, 9.17) is 17.3 Å². The molecule has 0 bridgehead atoms. The number of halogens is 1. The smallest absolute Gasteiger partial charge is 0.0471 e. The van der Waals surface area contributed by atoms with Crippen molar-refractivity contribution in [1.29, 1.82) is 0 Å². The molecule has 88 valence electrons. The molecule has 0 aliphatic carbocycles. The summed E-state index contributed by atoms with van der Waals surface area (Å²) in [5, 5.41) is 0.783. The molecule has 0 aromatic heterocycles. The zero-order chi connectivity index (χ0) is 11.5. The van der Waals surface area contributed by atoms with Crippen LogP contribution in [0, 0.1) is 0 Å². The predicted octanol–water partition coefficient (Wildman–Crippen LogP) is 2.86. The molecular formula is C12H17ClN2S. The Hall–Kier alpha value is -0.380. The van der Waals surface area contributed by atoms with Gasteiger partial charge in [-0.15, -0.1) is 0 Å². The normalized spacial score (nSPS) is 22.2. The summed E-state index contributed by atoms with van der Waals surface area (Å²) >= 11 is 8.21. The lowest BCUT2D eigenvalue weighted by Crippen LogP contribution is -2.39. The molecule has 1 aromatic rings. The van der Waals surface area contributed by atoms with E-state index in [2.05, 4.69) is 11.8 Å². The van der Waals surface area contributed by atoms with E-state index >= 15 is 0 Å². The number of thioether (sulfide) groups is 1. The Morgan fingerprint density at radius 1 is 1.56 bits per heavy atom. The summed E-state index contributed by atoms with van der Waals surface area (Å²) in [6.07, 6.45) is 0. The highest BCUT2D eigenvalue weighted by Gasteiger charge is 2.19. The number of nitrogens with zero attached hydrogens (tertiary/aromatic N) is 1. The van der Waals surface area contributed by atoms with Crippen LogP contribution in [0.2, 0.25) is 5.02 Å². The lowest BCUT2D eigenvalue weighted by molar-refractivity contribution is 0.224. The first-order chi connectivity index (χ1) is 7.66. The number of nitrogen functional groups attached to an aromatic ring is 1. The van der Waals surface area contributed by atoms with Crippen LogP contribution in [-0.4, -0.2) is 29.0 Å². The molecule has 2 rings (SSSR count). The number of nitrogens with two attached hydrogens (primary N) is 1. The first kappa shape index (κ1) is 12.1. The van der Waals surface area contributed by atoms with E-state index in [-0.39, 0.29) is 0 Å². The van der Waals surface area contributed by atoms with E-state index < -0.39 is 0 Å². The van der Waals surface area contributed by atoms with Gasteiger partial charge in [0, 0.05) is 41.3 Å². The van der Waals surface area contributed by atoms with Gasteiger partial charge in [-0.05, 0) is 24.6 Å². The maximum atomic E-state index is 6.18. The molecule has 1 aromatic carbocycles. The fraction of sp³-hybridized carbons (Fsp3) is 0.500. The summed E-state index contributed by atoms with van der Waals surface area (Å²) < 4.78 is 0. The summed E-state index contributed by atoms with van der Waals surface area (Å²) in [6.45, 7) is 4.35. The summed E-state index contributed by atoms with van der Waals surface area (Å²) in [6, 6.07) is 6.42. The molecule has 16 heavy (non-hydrogen) atoms. The van der Waals surface area contributed by atoms with Gasteiger partial charge in [0.25, 0.3) is 0 Å². The summed E-state index contributed by atoms with van der Waals surface area (Å²) in [7, 11) is 0. The molecule has 1 fully saturated rings. The lowest BCUT2D eigenvalue weighted by Gasteiger charge is -2.33. The molecule has 0 radical (unpaired) electrons. The Balaban J connectivity index is 2.07. The van der Waals surface area contributed by atoms with Crippen molar-refractivity contribution < 1.29 is 0 Å². The topological polar surface area (TPSA) is 29.3 Å². The van der Waals surface area contributed by atoms with Crippen LogP contribution in [0.5, 0.6) is 0 Å². The number of rotatable bonds is 2. The van der Waals surface area contributed by atoms with Crippen molar-refractivity contribution in [3.63, 3.8) is 0 Å². The fourth-order valence-electron chi connectivity index (χ4n) is 1.91. The van der Waals surface area contributed by atoms with Gasteiger partial charge in [-0.2, -0.15) is 11.8 Å². The second-order valence-corrected chi connectivity index (χ2v) is 5.80. The van der Waals surface area contributed by atoms with E-state index in [0.717, 1.165) is 23.8 Å². The molecule has 1 unspecified atom stereocenters. The Kier molecular flexibility index (Phi) is 4.00. The van der Waals surface area contributed by atoms with Gasteiger partial charge < -0.3 is 5.73 Å². The van der Waals surface area contributed by atoms with Crippen molar-refractivity contribution in [2.45, 2.75) is 19.5 Å². The van der Waals surface area contributed by atoms with Crippen LogP contribution in [0.3, 0.4) is 0 Å². The highest BCUT2D eigenvalue weighted by atomic mass is 35.5. The van der Waals surface area contributed by atoms with Crippen molar-refractivity contribution >= 4 is 29.1 Å². The van der Waals surface area contributed by atoms with Crippen LogP contribution in [-0.2, 0) is 6.54 Å². The predicted molar refractivity (Wildman–Crippen MR) is 73.1 cm³/mol. The van der Waals surface area contributed by atoms with E-state index in [1.54, 1.807) is 0 Å². The molecule has 2 nitrogen and oxygen atoms in total. The van der Waals surface area contributed by atoms with E-state index in [9.17, 15) is 0 Å². The zero-order valence-corrected chi connectivity index (χ0v) is 11.0. The molecule has 0 saturated carbocycles. The Bertz CT molecular complexity index is 370. The standard InChI is InChI=1S/C12H17ClN2S/c1-9-8-16-5-4-15(9)7-10-2-3-11(14)6-12(10)13/h2-3,6,9H,4-5,7-8,14H2,1H3. The van der Waals surface area contributed by atoms with E-state index in [0.29, 0.717) is 6.04 Å². The van der Waals surface area contributed by atoms with Crippen LogP contribution in [0.25, 0.3) is 0 Å². The minimum atomic E-state index is 0.632. The first-order valence-electron chi connectivity index (χ1n) is 5.52. The van der Waals surface area contributed by atoms with Crippen molar-refractivity contribution in [3.05, 3.63) is 28.8 Å². The Morgan fingerprint density at radius 2 is 2.38 bits per heavy atom. The third kappa shape index (κ3) is 2.84. The number of hydrogen-bond acceptors (Lipinski definition) is 3. The van der Waals surface area contributed by atoms with Gasteiger partial charge >= 0.3 is 0 Å². The number of benzene rings is 1. The Labute approximate surface area is 106 Å². The molecule has 0 amide bonds. The molecule has 1 heterocycles. The average molecular weight is 257 g/mol. The monoisotopic (exact) mass is 256 g/mol. The largest absolute Gasteiger partial charge is 0.399 e. The fourth-order valence-corrected chi connectivity index (χ4v) is 3.24. The number of anilines is 1. The molecule has 0 spiro atoms. The molecular weight excluding hydrogens is 240 g/mol. The Morgan fingerprint density at radius 3 is 3.06 bits per heavy atom. The van der Waals surface area contributed by atoms with E-state index in [1.165, 1.54) is 17.1 Å². The van der Waals surface area contributed by atoms with Crippen LogP contribution in [0.15, 0.2) is 18.2 Å².